The van der Waals surface area contributed by atoms with Crippen molar-refractivity contribution in [2.24, 2.45) is 5.73 Å². The first-order valence-corrected chi connectivity index (χ1v) is 7.07. The molecule has 0 radical (unpaired) electrons. The lowest BCUT2D eigenvalue weighted by molar-refractivity contribution is 0.0710. The van der Waals surface area contributed by atoms with Gasteiger partial charge in [-0.1, -0.05) is 12.2 Å². The number of carbonyl (C=O) groups is 1. The van der Waals surface area contributed by atoms with Crippen LogP contribution in [0.2, 0.25) is 0 Å². The van der Waals surface area contributed by atoms with E-state index < -0.39 is 0 Å². The predicted octanol–water partition coefficient (Wildman–Crippen LogP) is 3.12. The van der Waals surface area contributed by atoms with Crippen LogP contribution >= 0.6 is 28.1 Å². The van der Waals surface area contributed by atoms with Crippen molar-refractivity contribution in [3.8, 4) is 0 Å². The molecule has 0 unspecified atom stereocenters. The van der Waals surface area contributed by atoms with Crippen LogP contribution in [0.1, 0.15) is 30.6 Å². The molecule has 0 aliphatic heterocycles. The third-order valence-corrected chi connectivity index (χ3v) is 3.51. The molecule has 2 N–H and O–H groups in total. The molecule has 19 heavy (non-hydrogen) atoms. The maximum absolute atomic E-state index is 13.0. The third-order valence-electron chi connectivity index (χ3n) is 2.64. The summed E-state index contributed by atoms with van der Waals surface area (Å²) in [5.74, 6) is -0.555. The molecule has 1 amide bonds. The van der Waals surface area contributed by atoms with Crippen LogP contribution in [0.5, 0.6) is 0 Å². The van der Waals surface area contributed by atoms with Gasteiger partial charge in [-0.25, -0.2) is 4.39 Å². The predicted molar refractivity (Wildman–Crippen MR) is 81.7 cm³/mol. The first-order valence-electron chi connectivity index (χ1n) is 5.87. The molecular formula is C13H16BrFN2OS. The lowest BCUT2D eigenvalue weighted by atomic mass is 10.1. The standard InChI is InChI=1S/C13H16BrFN2OS/c1-8(2)17(6-5-12(16)19)13(18)10-4-3-9(15)7-11(10)14/h3-4,7-8H,5-6H2,1-2H3,(H2,16,19). The largest absolute Gasteiger partial charge is 0.393 e. The van der Waals surface area contributed by atoms with Gasteiger partial charge in [0.1, 0.15) is 5.82 Å². The number of carbonyl (C=O) groups excluding carboxylic acids is 1. The maximum Gasteiger partial charge on any atom is 0.255 e. The van der Waals surface area contributed by atoms with Gasteiger partial charge in [0.25, 0.3) is 5.91 Å². The Hall–Kier alpha value is -1.01. The summed E-state index contributed by atoms with van der Waals surface area (Å²) in [6.07, 6.45) is 0.470. The molecule has 0 saturated carbocycles. The van der Waals surface area contributed by atoms with E-state index in [4.69, 9.17) is 18.0 Å². The molecule has 3 nitrogen and oxygen atoms in total. The van der Waals surface area contributed by atoms with E-state index in [2.05, 4.69) is 15.9 Å². The molecular weight excluding hydrogens is 331 g/mol. The molecule has 0 saturated heterocycles. The topological polar surface area (TPSA) is 46.3 Å². The highest BCUT2D eigenvalue weighted by molar-refractivity contribution is 9.10. The van der Waals surface area contributed by atoms with E-state index in [1.165, 1.54) is 18.2 Å². The van der Waals surface area contributed by atoms with Crippen LogP contribution in [0.25, 0.3) is 0 Å². The van der Waals surface area contributed by atoms with Crippen molar-refractivity contribution in [2.45, 2.75) is 26.3 Å². The van der Waals surface area contributed by atoms with Gasteiger partial charge in [0, 0.05) is 23.5 Å². The fourth-order valence-corrected chi connectivity index (χ4v) is 2.25. The summed E-state index contributed by atoms with van der Waals surface area (Å²) in [5.41, 5.74) is 5.89. The molecule has 0 aliphatic carbocycles. The lowest BCUT2D eigenvalue weighted by Gasteiger charge is -2.27. The number of amides is 1. The van der Waals surface area contributed by atoms with Crippen LogP contribution in [0.3, 0.4) is 0 Å². The van der Waals surface area contributed by atoms with Gasteiger partial charge in [0.15, 0.2) is 0 Å². The summed E-state index contributed by atoms with van der Waals surface area (Å²) in [7, 11) is 0. The van der Waals surface area contributed by atoms with Crippen molar-refractivity contribution in [3.63, 3.8) is 0 Å². The number of nitrogens with two attached hydrogens (primary N) is 1. The van der Waals surface area contributed by atoms with Crippen molar-refractivity contribution in [2.75, 3.05) is 6.54 Å². The Balaban J connectivity index is 2.95. The van der Waals surface area contributed by atoms with Crippen molar-refractivity contribution in [1.29, 1.82) is 0 Å². The van der Waals surface area contributed by atoms with Crippen molar-refractivity contribution >= 4 is 39.0 Å². The van der Waals surface area contributed by atoms with Crippen LogP contribution in [0.15, 0.2) is 22.7 Å². The number of benzene rings is 1. The van der Waals surface area contributed by atoms with E-state index in [0.717, 1.165) is 0 Å². The van der Waals surface area contributed by atoms with Gasteiger partial charge in [0.05, 0.1) is 10.6 Å². The zero-order valence-corrected chi connectivity index (χ0v) is 13.2. The number of halogens is 2. The van der Waals surface area contributed by atoms with Crippen LogP contribution < -0.4 is 5.73 Å². The Kier molecular flexibility index (Phi) is 5.87. The average Bonchev–Trinajstić information content (AvgIpc) is 2.27. The second-order valence-electron chi connectivity index (χ2n) is 4.43. The van der Waals surface area contributed by atoms with E-state index in [9.17, 15) is 9.18 Å². The second kappa shape index (κ2) is 6.96. The van der Waals surface area contributed by atoms with Crippen LogP contribution in [-0.4, -0.2) is 28.4 Å². The normalized spacial score (nSPS) is 10.6. The molecule has 0 atom stereocenters. The summed E-state index contributed by atoms with van der Waals surface area (Å²) in [6.45, 7) is 4.28. The van der Waals surface area contributed by atoms with Crippen molar-refractivity contribution in [3.05, 3.63) is 34.1 Å². The monoisotopic (exact) mass is 346 g/mol. The van der Waals surface area contributed by atoms with Crippen molar-refractivity contribution in [1.82, 2.24) is 4.90 Å². The fourth-order valence-electron chi connectivity index (χ4n) is 1.64. The fraction of sp³-hybridized carbons (Fsp3) is 0.385. The van der Waals surface area contributed by atoms with Gasteiger partial charge in [0.2, 0.25) is 0 Å². The highest BCUT2D eigenvalue weighted by Gasteiger charge is 2.20. The molecule has 1 aromatic rings. The first-order chi connectivity index (χ1) is 8.82. The highest BCUT2D eigenvalue weighted by Crippen LogP contribution is 2.20. The summed E-state index contributed by atoms with van der Waals surface area (Å²) >= 11 is 8.03. The zero-order chi connectivity index (χ0) is 14.6. The molecule has 104 valence electrons. The Bertz CT molecular complexity index is 494. The molecule has 1 aromatic carbocycles. The average molecular weight is 347 g/mol. The van der Waals surface area contributed by atoms with E-state index in [0.29, 0.717) is 28.0 Å². The quantitative estimate of drug-likeness (QED) is 0.833. The molecule has 0 heterocycles. The number of hydrogen-bond acceptors (Lipinski definition) is 2. The van der Waals surface area contributed by atoms with Crippen LogP contribution in [0, 0.1) is 5.82 Å². The number of rotatable bonds is 5. The Labute approximate surface area is 126 Å². The van der Waals surface area contributed by atoms with Gasteiger partial charge in [-0.3, -0.25) is 4.79 Å². The molecule has 0 spiro atoms. The lowest BCUT2D eigenvalue weighted by Crippen LogP contribution is -2.39. The van der Waals surface area contributed by atoms with Gasteiger partial charge < -0.3 is 10.6 Å². The summed E-state index contributed by atoms with van der Waals surface area (Å²) in [5, 5.41) is 0. The van der Waals surface area contributed by atoms with Crippen LogP contribution in [-0.2, 0) is 0 Å². The summed E-state index contributed by atoms with van der Waals surface area (Å²) in [4.78, 5) is 14.5. The molecule has 0 aromatic heterocycles. The first kappa shape index (κ1) is 16.0. The minimum absolute atomic E-state index is 0.0128. The van der Waals surface area contributed by atoms with E-state index in [1.807, 2.05) is 13.8 Å². The Morgan fingerprint density at radius 2 is 2.16 bits per heavy atom. The van der Waals surface area contributed by atoms with E-state index >= 15 is 0 Å². The Morgan fingerprint density at radius 1 is 1.53 bits per heavy atom. The number of thiocarbonyl (C=S) groups is 1. The molecule has 0 bridgehead atoms. The van der Waals surface area contributed by atoms with Crippen molar-refractivity contribution < 1.29 is 9.18 Å². The van der Waals surface area contributed by atoms with Gasteiger partial charge in [-0.05, 0) is 48.0 Å². The smallest absolute Gasteiger partial charge is 0.255 e. The summed E-state index contributed by atoms with van der Waals surface area (Å²) in [6, 6.07) is 4.03. The number of hydrogen-bond donors (Lipinski definition) is 1. The molecule has 0 aliphatic rings. The molecule has 0 fully saturated rings. The van der Waals surface area contributed by atoms with Gasteiger partial charge in [-0.2, -0.15) is 0 Å². The second-order valence-corrected chi connectivity index (χ2v) is 5.81. The van der Waals surface area contributed by atoms with Gasteiger partial charge in [-0.15, -0.1) is 0 Å². The Morgan fingerprint density at radius 3 is 2.63 bits per heavy atom. The highest BCUT2D eigenvalue weighted by atomic mass is 79.9. The third kappa shape index (κ3) is 4.54. The zero-order valence-electron chi connectivity index (χ0n) is 10.8. The molecule has 1 rings (SSSR count). The van der Waals surface area contributed by atoms with Gasteiger partial charge >= 0.3 is 0 Å². The minimum atomic E-state index is -0.386. The summed E-state index contributed by atoms with van der Waals surface area (Å²) < 4.78 is 13.5. The van der Waals surface area contributed by atoms with Crippen LogP contribution in [0.4, 0.5) is 4.39 Å². The van der Waals surface area contributed by atoms with E-state index in [1.54, 1.807) is 4.90 Å². The maximum atomic E-state index is 13.0. The SMILES string of the molecule is CC(C)N(CCC(N)=S)C(=O)c1ccc(F)cc1Br. The minimum Gasteiger partial charge on any atom is -0.393 e. The van der Waals surface area contributed by atoms with E-state index in [-0.39, 0.29) is 17.8 Å². The molecule has 6 heteroatoms. The number of nitrogens with zero attached hydrogens (tertiary/aromatic N) is 1.